The lowest BCUT2D eigenvalue weighted by atomic mass is 9.65. The molecule has 3 atom stereocenters. The van der Waals surface area contributed by atoms with Crippen molar-refractivity contribution < 1.29 is 34.3 Å². The second kappa shape index (κ2) is 10.4. The summed E-state index contributed by atoms with van der Waals surface area (Å²) in [6.45, 7) is 5.03. The van der Waals surface area contributed by atoms with Gasteiger partial charge < -0.3 is 20.8 Å². The van der Waals surface area contributed by atoms with Crippen LogP contribution in [0, 0.1) is 26.9 Å². The fourth-order valence-electron chi connectivity index (χ4n) is 4.80. The number of hydrogen-bond acceptors (Lipinski definition) is 6. The van der Waals surface area contributed by atoms with E-state index in [1.807, 2.05) is 0 Å². The third-order valence-corrected chi connectivity index (χ3v) is 7.63. The van der Waals surface area contributed by atoms with Gasteiger partial charge in [0, 0.05) is 24.1 Å². The van der Waals surface area contributed by atoms with Gasteiger partial charge in [-0.15, -0.1) is 0 Å². The maximum absolute atomic E-state index is 13.0. The van der Waals surface area contributed by atoms with Crippen LogP contribution in [0.2, 0.25) is 0 Å². The molecule has 0 aliphatic heterocycles. The predicted molar refractivity (Wildman–Crippen MR) is 133 cm³/mol. The number of aliphatic carboxylic acids is 2. The number of nitrogens with one attached hydrogen (secondary N) is 2. The standard InChI is InChI=1S/C26H29N3O8/c1-25(2)18(12-13-26(25,3)24(34)35)22(31)28-19(23(32)33)14-15-8-10-16(11-9-15)27-21(30)17-6-4-5-7-20(17)29(36)37/h4-11,18-19H,12-14H2,1-3H3,(H,27,30)(H,28,31)(H,32,33)(H,34,35)/t18-,19+,26+/m1/s1. The van der Waals surface area contributed by atoms with Crippen molar-refractivity contribution in [2.75, 3.05) is 5.32 Å². The monoisotopic (exact) mass is 511 g/mol. The quantitative estimate of drug-likeness (QED) is 0.292. The van der Waals surface area contributed by atoms with Crippen LogP contribution >= 0.6 is 0 Å². The molecule has 2 amide bonds. The van der Waals surface area contributed by atoms with E-state index in [1.54, 1.807) is 32.9 Å². The molecule has 3 rings (SSSR count). The Morgan fingerprint density at radius 3 is 2.22 bits per heavy atom. The van der Waals surface area contributed by atoms with E-state index in [9.17, 15) is 39.5 Å². The SMILES string of the molecule is CC1(C)[C@@H](C(=O)N[C@@H](Cc2ccc(NC(=O)c3ccccc3[N+](=O)[O-])cc2)C(=O)O)CC[C@@]1(C)C(=O)O. The van der Waals surface area contributed by atoms with Crippen LogP contribution in [0.25, 0.3) is 0 Å². The summed E-state index contributed by atoms with van der Waals surface area (Å²) in [5.74, 6) is -4.05. The number of carboxylic acid groups (broad SMARTS) is 2. The van der Waals surface area contributed by atoms with Gasteiger partial charge in [0.25, 0.3) is 11.6 Å². The topological polar surface area (TPSA) is 176 Å². The first-order chi connectivity index (χ1) is 17.3. The fraction of sp³-hybridized carbons (Fsp3) is 0.385. The maximum Gasteiger partial charge on any atom is 0.326 e. The van der Waals surface area contributed by atoms with Crippen molar-refractivity contribution in [2.24, 2.45) is 16.7 Å². The molecule has 0 heterocycles. The summed E-state index contributed by atoms with van der Waals surface area (Å²) in [5, 5.41) is 35.7. The number of para-hydroxylation sites is 1. The Labute approximate surface area is 213 Å². The highest BCUT2D eigenvalue weighted by Gasteiger charge is 2.58. The fourth-order valence-corrected chi connectivity index (χ4v) is 4.80. The lowest BCUT2D eigenvalue weighted by molar-refractivity contribution is -0.385. The number of rotatable bonds is 9. The zero-order valence-electron chi connectivity index (χ0n) is 20.7. The van der Waals surface area contributed by atoms with E-state index < -0.39 is 51.5 Å². The molecule has 4 N–H and O–H groups in total. The summed E-state index contributed by atoms with van der Waals surface area (Å²) >= 11 is 0. The number of nitro benzene ring substituents is 1. The molecular weight excluding hydrogens is 482 g/mol. The normalized spacial score (nSPS) is 21.0. The molecule has 2 aromatic carbocycles. The van der Waals surface area contributed by atoms with Gasteiger partial charge in [0.1, 0.15) is 11.6 Å². The third-order valence-electron chi connectivity index (χ3n) is 7.63. The van der Waals surface area contributed by atoms with Gasteiger partial charge in [-0.05, 0) is 48.9 Å². The molecule has 196 valence electrons. The van der Waals surface area contributed by atoms with Crippen LogP contribution < -0.4 is 10.6 Å². The van der Waals surface area contributed by atoms with Crippen LogP contribution in [-0.2, 0) is 20.8 Å². The van der Waals surface area contributed by atoms with Gasteiger partial charge in [0.15, 0.2) is 0 Å². The number of anilines is 1. The van der Waals surface area contributed by atoms with Gasteiger partial charge in [-0.25, -0.2) is 4.79 Å². The number of carboxylic acids is 2. The summed E-state index contributed by atoms with van der Waals surface area (Å²) in [6, 6.07) is 10.5. The summed E-state index contributed by atoms with van der Waals surface area (Å²) in [6.07, 6.45) is 0.606. The van der Waals surface area contributed by atoms with Crippen LogP contribution in [0.15, 0.2) is 48.5 Å². The number of nitro groups is 1. The number of carbonyl (C=O) groups is 4. The lowest BCUT2D eigenvalue weighted by Crippen LogP contribution is -2.49. The highest BCUT2D eigenvalue weighted by atomic mass is 16.6. The van der Waals surface area contributed by atoms with Crippen molar-refractivity contribution in [3.05, 3.63) is 69.8 Å². The average molecular weight is 512 g/mol. The molecule has 0 unspecified atom stereocenters. The first-order valence-electron chi connectivity index (χ1n) is 11.7. The van der Waals surface area contributed by atoms with Crippen molar-refractivity contribution in [1.29, 1.82) is 0 Å². The second-order valence-corrected chi connectivity index (χ2v) is 9.98. The molecule has 11 heteroatoms. The van der Waals surface area contributed by atoms with E-state index >= 15 is 0 Å². The highest BCUT2D eigenvalue weighted by molar-refractivity contribution is 6.07. The zero-order valence-corrected chi connectivity index (χ0v) is 20.7. The van der Waals surface area contributed by atoms with Crippen LogP contribution in [0.1, 0.15) is 49.5 Å². The van der Waals surface area contributed by atoms with Gasteiger partial charge >= 0.3 is 11.9 Å². The Morgan fingerprint density at radius 2 is 1.68 bits per heavy atom. The van der Waals surface area contributed by atoms with E-state index in [0.29, 0.717) is 24.1 Å². The molecule has 0 bridgehead atoms. The van der Waals surface area contributed by atoms with Crippen molar-refractivity contribution >= 4 is 35.1 Å². The molecule has 1 aliphatic carbocycles. The van der Waals surface area contributed by atoms with E-state index in [0.717, 1.165) is 0 Å². The number of hydrogen-bond donors (Lipinski definition) is 4. The second-order valence-electron chi connectivity index (χ2n) is 9.98. The van der Waals surface area contributed by atoms with Crippen LogP contribution in [0.5, 0.6) is 0 Å². The summed E-state index contributed by atoms with van der Waals surface area (Å²) in [7, 11) is 0. The Morgan fingerprint density at radius 1 is 1.05 bits per heavy atom. The maximum atomic E-state index is 13.0. The summed E-state index contributed by atoms with van der Waals surface area (Å²) in [5.41, 5.74) is -1.49. The van der Waals surface area contributed by atoms with Crippen LogP contribution in [0.4, 0.5) is 11.4 Å². The van der Waals surface area contributed by atoms with Crippen molar-refractivity contribution in [2.45, 2.75) is 46.1 Å². The van der Waals surface area contributed by atoms with E-state index in [-0.39, 0.29) is 17.7 Å². The van der Waals surface area contributed by atoms with Gasteiger partial charge in [0.05, 0.1) is 10.3 Å². The molecular formula is C26H29N3O8. The number of carbonyl (C=O) groups excluding carboxylic acids is 2. The Bertz CT molecular complexity index is 1240. The minimum Gasteiger partial charge on any atom is -0.481 e. The molecule has 37 heavy (non-hydrogen) atoms. The van der Waals surface area contributed by atoms with Gasteiger partial charge in [-0.2, -0.15) is 0 Å². The molecule has 1 fully saturated rings. The van der Waals surface area contributed by atoms with E-state index in [4.69, 9.17) is 0 Å². The Balaban J connectivity index is 1.68. The Hall–Kier alpha value is -4.28. The third kappa shape index (κ3) is 5.45. The smallest absolute Gasteiger partial charge is 0.326 e. The minimum atomic E-state index is -1.24. The molecule has 0 spiro atoms. The van der Waals surface area contributed by atoms with Crippen molar-refractivity contribution in [3.63, 3.8) is 0 Å². The Kier molecular flexibility index (Phi) is 7.66. The average Bonchev–Trinajstić information content (AvgIpc) is 3.09. The first-order valence-corrected chi connectivity index (χ1v) is 11.7. The van der Waals surface area contributed by atoms with E-state index in [1.165, 1.54) is 36.4 Å². The molecule has 0 radical (unpaired) electrons. The van der Waals surface area contributed by atoms with Gasteiger partial charge in [-0.3, -0.25) is 24.5 Å². The molecule has 1 aliphatic rings. The molecule has 2 aromatic rings. The summed E-state index contributed by atoms with van der Waals surface area (Å²) < 4.78 is 0. The highest BCUT2D eigenvalue weighted by Crippen LogP contribution is 2.56. The molecule has 0 aromatic heterocycles. The summed E-state index contributed by atoms with van der Waals surface area (Å²) in [4.78, 5) is 59.7. The number of benzene rings is 2. The van der Waals surface area contributed by atoms with Gasteiger partial charge in [-0.1, -0.05) is 38.1 Å². The number of amides is 2. The minimum absolute atomic E-state index is 0.0389. The van der Waals surface area contributed by atoms with Crippen LogP contribution in [-0.4, -0.2) is 44.9 Å². The van der Waals surface area contributed by atoms with Gasteiger partial charge in [0.2, 0.25) is 5.91 Å². The first kappa shape index (κ1) is 27.3. The van der Waals surface area contributed by atoms with Crippen LogP contribution in [0.3, 0.4) is 0 Å². The number of nitrogens with zero attached hydrogens (tertiary/aromatic N) is 1. The largest absolute Gasteiger partial charge is 0.481 e. The molecule has 11 nitrogen and oxygen atoms in total. The zero-order chi connectivity index (χ0) is 27.5. The predicted octanol–water partition coefficient (Wildman–Crippen LogP) is 3.49. The lowest BCUT2D eigenvalue weighted by Gasteiger charge is -2.38. The molecule has 0 saturated heterocycles. The van der Waals surface area contributed by atoms with E-state index in [2.05, 4.69) is 10.6 Å². The molecule has 1 saturated carbocycles. The van der Waals surface area contributed by atoms with Crippen molar-refractivity contribution in [3.8, 4) is 0 Å². The van der Waals surface area contributed by atoms with Crippen molar-refractivity contribution in [1.82, 2.24) is 5.32 Å².